The molecule has 1 unspecified atom stereocenters. The molecule has 1 aliphatic rings. The number of ether oxygens (including phenoxy) is 1. The topological polar surface area (TPSA) is 24.5 Å². The van der Waals surface area contributed by atoms with Gasteiger partial charge in [0.15, 0.2) is 0 Å². The molecule has 23 heavy (non-hydrogen) atoms. The third kappa shape index (κ3) is 5.90. The zero-order chi connectivity index (χ0) is 15.9. The maximum absolute atomic E-state index is 12.4. The second-order valence-corrected chi connectivity index (χ2v) is 5.95. The van der Waals surface area contributed by atoms with Crippen molar-refractivity contribution >= 4 is 12.4 Å². The summed E-state index contributed by atoms with van der Waals surface area (Å²) < 4.78 is 29.5. The van der Waals surface area contributed by atoms with Crippen molar-refractivity contribution < 1.29 is 13.5 Å². The van der Waals surface area contributed by atoms with Crippen molar-refractivity contribution in [2.45, 2.75) is 39.3 Å². The molecule has 1 fully saturated rings. The molecule has 1 aromatic carbocycles. The fourth-order valence-corrected chi connectivity index (χ4v) is 3.35. The Morgan fingerprint density at radius 1 is 1.26 bits per heavy atom. The van der Waals surface area contributed by atoms with E-state index in [-0.39, 0.29) is 24.2 Å². The average Bonchev–Trinajstić information content (AvgIpc) is 2.48. The van der Waals surface area contributed by atoms with Crippen molar-refractivity contribution in [2.24, 2.45) is 5.92 Å². The lowest BCUT2D eigenvalue weighted by atomic mass is 9.89. The first kappa shape index (κ1) is 20.1. The van der Waals surface area contributed by atoms with Gasteiger partial charge < -0.3 is 10.1 Å². The van der Waals surface area contributed by atoms with Gasteiger partial charge in [0, 0.05) is 32.2 Å². The minimum atomic E-state index is -2.78. The normalized spacial score (nSPS) is 18.3. The van der Waals surface area contributed by atoms with E-state index in [0.717, 1.165) is 44.6 Å². The Kier molecular flexibility index (Phi) is 8.81. The minimum Gasteiger partial charge on any atom is -0.435 e. The highest BCUT2D eigenvalue weighted by Crippen LogP contribution is 2.33. The van der Waals surface area contributed by atoms with Gasteiger partial charge in [-0.3, -0.25) is 4.90 Å². The van der Waals surface area contributed by atoms with Gasteiger partial charge in [-0.1, -0.05) is 32.4 Å². The van der Waals surface area contributed by atoms with Crippen LogP contribution in [-0.2, 0) is 0 Å². The van der Waals surface area contributed by atoms with Crippen molar-refractivity contribution in [1.82, 2.24) is 10.2 Å². The van der Waals surface area contributed by atoms with Gasteiger partial charge in [0.05, 0.1) is 0 Å². The number of rotatable bonds is 7. The fraction of sp³-hybridized carbons (Fsp3) is 0.647. The monoisotopic (exact) mass is 348 g/mol. The van der Waals surface area contributed by atoms with E-state index in [1.807, 2.05) is 6.07 Å². The summed E-state index contributed by atoms with van der Waals surface area (Å²) in [6, 6.07) is 7.45. The second-order valence-electron chi connectivity index (χ2n) is 5.95. The third-order valence-corrected chi connectivity index (χ3v) is 4.25. The van der Waals surface area contributed by atoms with E-state index < -0.39 is 6.61 Å². The van der Waals surface area contributed by atoms with Gasteiger partial charge in [-0.25, -0.2) is 0 Å². The van der Waals surface area contributed by atoms with Crippen LogP contribution in [0.4, 0.5) is 8.78 Å². The van der Waals surface area contributed by atoms with Crippen LogP contribution >= 0.6 is 12.4 Å². The first-order valence-corrected chi connectivity index (χ1v) is 8.11. The highest BCUT2D eigenvalue weighted by Gasteiger charge is 2.27. The summed E-state index contributed by atoms with van der Waals surface area (Å²) >= 11 is 0. The van der Waals surface area contributed by atoms with Crippen molar-refractivity contribution in [1.29, 1.82) is 0 Å². The van der Waals surface area contributed by atoms with Gasteiger partial charge in [0.2, 0.25) is 0 Å². The summed E-state index contributed by atoms with van der Waals surface area (Å²) in [6.45, 7) is 5.57. The molecular weight excluding hydrogens is 322 g/mol. The zero-order valence-electron chi connectivity index (χ0n) is 13.8. The Labute approximate surface area is 143 Å². The molecule has 0 spiro atoms. The molecule has 1 saturated heterocycles. The number of halogens is 3. The van der Waals surface area contributed by atoms with E-state index in [1.54, 1.807) is 18.2 Å². The van der Waals surface area contributed by atoms with E-state index in [1.165, 1.54) is 0 Å². The molecule has 0 radical (unpaired) electrons. The van der Waals surface area contributed by atoms with Crippen molar-refractivity contribution in [3.05, 3.63) is 29.8 Å². The van der Waals surface area contributed by atoms with Crippen LogP contribution in [0.5, 0.6) is 5.75 Å². The summed E-state index contributed by atoms with van der Waals surface area (Å²) in [5, 5.41) is 3.36. The van der Waals surface area contributed by atoms with Crippen LogP contribution in [0.25, 0.3) is 0 Å². The molecule has 2 rings (SSSR count). The molecule has 6 heteroatoms. The van der Waals surface area contributed by atoms with Gasteiger partial charge >= 0.3 is 6.61 Å². The Bertz CT molecular complexity index is 456. The lowest BCUT2D eigenvalue weighted by molar-refractivity contribution is -0.0499. The van der Waals surface area contributed by atoms with Crippen LogP contribution in [-0.4, -0.2) is 37.7 Å². The van der Waals surface area contributed by atoms with E-state index >= 15 is 0 Å². The summed E-state index contributed by atoms with van der Waals surface area (Å²) in [7, 11) is 0. The molecule has 0 amide bonds. The number of hydrogen-bond acceptors (Lipinski definition) is 3. The third-order valence-electron chi connectivity index (χ3n) is 4.25. The number of piperazine rings is 1. The van der Waals surface area contributed by atoms with Gasteiger partial charge in [-0.05, 0) is 30.0 Å². The van der Waals surface area contributed by atoms with Crippen LogP contribution in [0.3, 0.4) is 0 Å². The molecule has 0 saturated carbocycles. The molecule has 2 atom stereocenters. The number of nitrogens with zero attached hydrogens (tertiary/aromatic N) is 1. The first-order chi connectivity index (χ1) is 10.6. The van der Waals surface area contributed by atoms with E-state index in [2.05, 4.69) is 28.8 Å². The zero-order valence-corrected chi connectivity index (χ0v) is 14.6. The first-order valence-electron chi connectivity index (χ1n) is 8.11. The molecular formula is C17H27ClF2N2O. The van der Waals surface area contributed by atoms with Crippen molar-refractivity contribution in [2.75, 3.05) is 26.2 Å². The number of alkyl halides is 2. The number of benzene rings is 1. The molecule has 0 aromatic heterocycles. The molecule has 1 aliphatic heterocycles. The van der Waals surface area contributed by atoms with Crippen molar-refractivity contribution in [3.63, 3.8) is 0 Å². The molecule has 1 N–H and O–H groups in total. The molecule has 0 bridgehead atoms. The van der Waals surface area contributed by atoms with Crippen LogP contribution in [0.2, 0.25) is 0 Å². The molecule has 1 heterocycles. The summed E-state index contributed by atoms with van der Waals surface area (Å²) in [5.74, 6) is 0.723. The highest BCUT2D eigenvalue weighted by molar-refractivity contribution is 5.85. The van der Waals surface area contributed by atoms with Gasteiger partial charge in [0.1, 0.15) is 5.75 Å². The maximum Gasteiger partial charge on any atom is 0.387 e. The van der Waals surface area contributed by atoms with Gasteiger partial charge in [-0.15, -0.1) is 12.4 Å². The van der Waals surface area contributed by atoms with Crippen molar-refractivity contribution in [3.8, 4) is 5.75 Å². The van der Waals surface area contributed by atoms with Gasteiger partial charge in [0.25, 0.3) is 0 Å². The second kappa shape index (κ2) is 10.1. The fourth-order valence-electron chi connectivity index (χ4n) is 3.35. The molecule has 3 nitrogen and oxygen atoms in total. The lowest BCUT2D eigenvalue weighted by Crippen LogP contribution is -2.46. The van der Waals surface area contributed by atoms with E-state index in [9.17, 15) is 8.78 Å². The Morgan fingerprint density at radius 2 is 1.96 bits per heavy atom. The SMILES string of the molecule is CCCC(C)[C@H](c1cccc(OC(F)F)c1)N1CCNCC1.Cl. The standard InChI is InChI=1S/C17H26F2N2O.ClH/c1-3-5-13(2)16(21-10-8-20-9-11-21)14-6-4-7-15(12-14)22-17(18)19;/h4,6-7,12-13,16-17,20H,3,5,8-11H2,1-2H3;1H/t13?,16-;/m1./s1. The van der Waals surface area contributed by atoms with Crippen LogP contribution < -0.4 is 10.1 Å². The van der Waals surface area contributed by atoms with E-state index in [4.69, 9.17) is 0 Å². The van der Waals surface area contributed by atoms with Crippen LogP contribution in [0, 0.1) is 5.92 Å². The highest BCUT2D eigenvalue weighted by atomic mass is 35.5. The smallest absolute Gasteiger partial charge is 0.387 e. The Morgan fingerprint density at radius 3 is 2.57 bits per heavy atom. The maximum atomic E-state index is 12.4. The average molecular weight is 349 g/mol. The van der Waals surface area contributed by atoms with Crippen LogP contribution in [0.15, 0.2) is 24.3 Å². The minimum absolute atomic E-state index is 0. The lowest BCUT2D eigenvalue weighted by Gasteiger charge is -2.38. The number of nitrogens with one attached hydrogen (secondary N) is 1. The van der Waals surface area contributed by atoms with Gasteiger partial charge in [-0.2, -0.15) is 8.78 Å². The molecule has 132 valence electrons. The Balaban J connectivity index is 0.00000264. The Hall–Kier alpha value is -0.910. The summed E-state index contributed by atoms with van der Waals surface area (Å²) in [5.41, 5.74) is 1.07. The summed E-state index contributed by atoms with van der Waals surface area (Å²) in [6.07, 6.45) is 2.24. The molecule has 1 aromatic rings. The predicted molar refractivity (Wildman–Crippen MR) is 91.6 cm³/mol. The quantitative estimate of drug-likeness (QED) is 0.803. The molecule has 0 aliphatic carbocycles. The number of hydrogen-bond donors (Lipinski definition) is 1. The van der Waals surface area contributed by atoms with E-state index in [0.29, 0.717) is 5.92 Å². The predicted octanol–water partition coefficient (Wildman–Crippen LogP) is 4.09. The summed E-state index contributed by atoms with van der Waals surface area (Å²) in [4.78, 5) is 2.46. The van der Waals surface area contributed by atoms with Crippen LogP contribution in [0.1, 0.15) is 38.3 Å². The largest absolute Gasteiger partial charge is 0.435 e.